The van der Waals surface area contributed by atoms with Crippen LogP contribution >= 0.6 is 22.9 Å². The van der Waals surface area contributed by atoms with Gasteiger partial charge in [0.05, 0.1) is 5.69 Å². The van der Waals surface area contributed by atoms with Gasteiger partial charge in [0.2, 0.25) is 5.91 Å². The molecule has 1 saturated heterocycles. The van der Waals surface area contributed by atoms with Crippen molar-refractivity contribution in [3.8, 4) is 11.3 Å². The first kappa shape index (κ1) is 16.3. The van der Waals surface area contributed by atoms with Crippen LogP contribution < -0.4 is 10.2 Å². The third kappa shape index (κ3) is 4.24. The molecule has 1 aromatic heterocycles. The van der Waals surface area contributed by atoms with Gasteiger partial charge in [-0.15, -0.1) is 22.9 Å². The third-order valence-electron chi connectivity index (χ3n) is 3.85. The summed E-state index contributed by atoms with van der Waals surface area (Å²) in [5.41, 5.74) is 2.80. The van der Waals surface area contributed by atoms with E-state index in [2.05, 4.69) is 15.6 Å². The number of hydrogen-bond acceptors (Lipinski definition) is 4. The number of carbonyl (C=O) groups is 1. The van der Waals surface area contributed by atoms with Gasteiger partial charge in [0.25, 0.3) is 0 Å². The van der Waals surface area contributed by atoms with Crippen LogP contribution in [0, 0.1) is 0 Å². The molecular formula is C17H20ClN3OS. The van der Waals surface area contributed by atoms with Crippen molar-refractivity contribution in [2.45, 2.75) is 25.7 Å². The summed E-state index contributed by atoms with van der Waals surface area (Å²) in [5, 5.41) is 6.09. The number of hydrogen-bond donors (Lipinski definition) is 1. The molecule has 0 spiro atoms. The SMILES string of the molecule is O=C(CCCCl)Nc1cccc(-c2csc(N3CCCC3)n2)c1. The van der Waals surface area contributed by atoms with Gasteiger partial charge < -0.3 is 10.2 Å². The maximum absolute atomic E-state index is 11.8. The minimum absolute atomic E-state index is 0.00108. The first-order valence-corrected chi connectivity index (χ1v) is 9.34. The number of halogens is 1. The maximum Gasteiger partial charge on any atom is 0.224 e. The number of nitrogens with zero attached hydrogens (tertiary/aromatic N) is 2. The highest BCUT2D eigenvalue weighted by atomic mass is 35.5. The summed E-state index contributed by atoms with van der Waals surface area (Å²) in [6, 6.07) is 7.84. The zero-order valence-corrected chi connectivity index (χ0v) is 14.5. The van der Waals surface area contributed by atoms with E-state index in [1.807, 2.05) is 24.3 Å². The number of nitrogens with one attached hydrogen (secondary N) is 1. The molecule has 0 radical (unpaired) electrons. The van der Waals surface area contributed by atoms with Gasteiger partial charge in [-0.3, -0.25) is 4.79 Å². The molecule has 0 bridgehead atoms. The predicted molar refractivity (Wildman–Crippen MR) is 97.6 cm³/mol. The van der Waals surface area contributed by atoms with Crippen molar-refractivity contribution >= 4 is 39.7 Å². The number of amides is 1. The van der Waals surface area contributed by atoms with Crippen molar-refractivity contribution in [3.05, 3.63) is 29.6 Å². The lowest BCUT2D eigenvalue weighted by Crippen LogP contribution is -2.17. The van der Waals surface area contributed by atoms with Gasteiger partial charge in [-0.1, -0.05) is 12.1 Å². The van der Waals surface area contributed by atoms with E-state index in [0.717, 1.165) is 35.2 Å². The maximum atomic E-state index is 11.8. The second kappa shape index (κ2) is 7.79. The number of carbonyl (C=O) groups excluding carboxylic acids is 1. The van der Waals surface area contributed by atoms with Crippen molar-refractivity contribution in [3.63, 3.8) is 0 Å². The van der Waals surface area contributed by atoms with Crippen LogP contribution in [0.1, 0.15) is 25.7 Å². The van der Waals surface area contributed by atoms with E-state index in [1.54, 1.807) is 11.3 Å². The van der Waals surface area contributed by atoms with Gasteiger partial charge in [-0.2, -0.15) is 0 Å². The highest BCUT2D eigenvalue weighted by molar-refractivity contribution is 7.14. The van der Waals surface area contributed by atoms with Crippen LogP contribution in [0.2, 0.25) is 0 Å². The van der Waals surface area contributed by atoms with Crippen molar-refractivity contribution in [2.24, 2.45) is 0 Å². The molecule has 0 aliphatic carbocycles. The highest BCUT2D eigenvalue weighted by Crippen LogP contribution is 2.30. The van der Waals surface area contributed by atoms with Crippen molar-refractivity contribution in [1.82, 2.24) is 4.98 Å². The van der Waals surface area contributed by atoms with Gasteiger partial charge >= 0.3 is 0 Å². The molecule has 4 nitrogen and oxygen atoms in total. The monoisotopic (exact) mass is 349 g/mol. The van der Waals surface area contributed by atoms with Gasteiger partial charge in [0, 0.05) is 42.0 Å². The first-order chi connectivity index (χ1) is 11.3. The minimum Gasteiger partial charge on any atom is -0.348 e. The van der Waals surface area contributed by atoms with Crippen LogP contribution in [0.3, 0.4) is 0 Å². The van der Waals surface area contributed by atoms with E-state index in [0.29, 0.717) is 18.7 Å². The molecule has 0 unspecified atom stereocenters. The fourth-order valence-electron chi connectivity index (χ4n) is 2.66. The van der Waals surface area contributed by atoms with Crippen molar-refractivity contribution in [1.29, 1.82) is 0 Å². The smallest absolute Gasteiger partial charge is 0.224 e. The summed E-state index contributed by atoms with van der Waals surface area (Å²) in [4.78, 5) is 18.9. The average Bonchev–Trinajstić information content (AvgIpc) is 3.24. The molecule has 2 heterocycles. The van der Waals surface area contributed by atoms with Crippen molar-refractivity contribution < 1.29 is 4.79 Å². The molecule has 23 heavy (non-hydrogen) atoms. The fraction of sp³-hybridized carbons (Fsp3) is 0.412. The summed E-state index contributed by atoms with van der Waals surface area (Å²) in [5.74, 6) is 0.504. The second-order valence-corrected chi connectivity index (χ2v) is 6.85. The molecule has 1 N–H and O–H groups in total. The summed E-state index contributed by atoms with van der Waals surface area (Å²) in [7, 11) is 0. The standard InChI is InChI=1S/C17H20ClN3OS/c18-8-4-7-16(22)19-14-6-3-5-13(11-14)15-12-23-17(20-15)21-9-1-2-10-21/h3,5-6,11-12H,1-2,4,7-10H2,(H,19,22). The van der Waals surface area contributed by atoms with E-state index in [-0.39, 0.29) is 5.91 Å². The average molecular weight is 350 g/mol. The largest absolute Gasteiger partial charge is 0.348 e. The van der Waals surface area contributed by atoms with Gasteiger partial charge in [-0.25, -0.2) is 4.98 Å². The first-order valence-electron chi connectivity index (χ1n) is 7.93. The van der Waals surface area contributed by atoms with E-state index in [1.165, 1.54) is 12.8 Å². The Labute approximate surface area is 145 Å². The summed E-state index contributed by atoms with van der Waals surface area (Å²) >= 11 is 7.30. The Morgan fingerprint density at radius 2 is 2.17 bits per heavy atom. The molecule has 0 saturated carbocycles. The molecular weight excluding hydrogens is 330 g/mol. The topological polar surface area (TPSA) is 45.2 Å². The molecule has 2 aromatic rings. The van der Waals surface area contributed by atoms with Crippen LogP contribution in [0.4, 0.5) is 10.8 Å². The van der Waals surface area contributed by atoms with E-state index >= 15 is 0 Å². The molecule has 1 fully saturated rings. The van der Waals surface area contributed by atoms with Crippen LogP contribution in [-0.2, 0) is 4.79 Å². The fourth-order valence-corrected chi connectivity index (χ4v) is 3.68. The molecule has 1 aliphatic rings. The van der Waals surface area contributed by atoms with Crippen molar-refractivity contribution in [2.75, 3.05) is 29.2 Å². The summed E-state index contributed by atoms with van der Waals surface area (Å²) < 4.78 is 0. The van der Waals surface area contributed by atoms with E-state index < -0.39 is 0 Å². The van der Waals surface area contributed by atoms with Gasteiger partial charge in [-0.05, 0) is 31.4 Å². The zero-order valence-electron chi connectivity index (χ0n) is 12.9. The number of rotatable bonds is 6. The Morgan fingerprint density at radius 1 is 1.35 bits per heavy atom. The van der Waals surface area contributed by atoms with Crippen LogP contribution in [0.25, 0.3) is 11.3 Å². The lowest BCUT2D eigenvalue weighted by molar-refractivity contribution is -0.116. The number of anilines is 2. The zero-order chi connectivity index (χ0) is 16.1. The lowest BCUT2D eigenvalue weighted by atomic mass is 10.1. The number of benzene rings is 1. The minimum atomic E-state index is -0.00108. The second-order valence-electron chi connectivity index (χ2n) is 5.63. The van der Waals surface area contributed by atoms with Crippen LogP contribution in [-0.4, -0.2) is 29.9 Å². The Bertz CT molecular complexity index is 667. The van der Waals surface area contributed by atoms with Crippen LogP contribution in [0.15, 0.2) is 29.6 Å². The summed E-state index contributed by atoms with van der Waals surface area (Å²) in [6.07, 6.45) is 3.64. The normalized spacial score (nSPS) is 14.2. The Balaban J connectivity index is 1.70. The third-order valence-corrected chi connectivity index (χ3v) is 5.02. The van der Waals surface area contributed by atoms with Crippen LogP contribution in [0.5, 0.6) is 0 Å². The number of aromatic nitrogens is 1. The van der Waals surface area contributed by atoms with Gasteiger partial charge in [0.15, 0.2) is 5.13 Å². The lowest BCUT2D eigenvalue weighted by Gasteiger charge is -2.12. The summed E-state index contributed by atoms with van der Waals surface area (Å²) in [6.45, 7) is 2.20. The molecule has 6 heteroatoms. The number of alkyl halides is 1. The molecule has 3 rings (SSSR count). The van der Waals surface area contributed by atoms with E-state index in [9.17, 15) is 4.79 Å². The quantitative estimate of drug-likeness (QED) is 0.788. The van der Waals surface area contributed by atoms with E-state index in [4.69, 9.17) is 16.6 Å². The Hall–Kier alpha value is -1.59. The Kier molecular flexibility index (Phi) is 5.51. The molecule has 1 aliphatic heterocycles. The highest BCUT2D eigenvalue weighted by Gasteiger charge is 2.16. The molecule has 0 atom stereocenters. The molecule has 1 amide bonds. The predicted octanol–water partition coefficient (Wildman–Crippen LogP) is 4.37. The molecule has 122 valence electrons. The molecule has 1 aromatic carbocycles. The van der Waals surface area contributed by atoms with Gasteiger partial charge in [0.1, 0.15) is 0 Å². The number of thiazole rings is 1. The Morgan fingerprint density at radius 3 is 2.96 bits per heavy atom.